The Morgan fingerprint density at radius 1 is 1.19 bits per heavy atom. The summed E-state index contributed by atoms with van der Waals surface area (Å²) in [6, 6.07) is 5.11. The summed E-state index contributed by atoms with van der Waals surface area (Å²) < 4.78 is 24.7. The van der Waals surface area contributed by atoms with Gasteiger partial charge in [0.25, 0.3) is 0 Å². The summed E-state index contributed by atoms with van der Waals surface area (Å²) in [7, 11) is 1.64. The highest BCUT2D eigenvalue weighted by Gasteiger charge is 2.49. The van der Waals surface area contributed by atoms with Crippen LogP contribution in [-0.2, 0) is 20.8 Å². The lowest BCUT2D eigenvalue weighted by atomic mass is 9.98. The van der Waals surface area contributed by atoms with Gasteiger partial charge in [-0.1, -0.05) is 0 Å². The number of aliphatic hydroxyl groups excluding tert-OH is 3. The lowest BCUT2D eigenvalue weighted by Gasteiger charge is -2.36. The summed E-state index contributed by atoms with van der Waals surface area (Å²) in [6.45, 7) is 1.99. The quantitative estimate of drug-likeness (QED) is 0.636. The van der Waals surface area contributed by atoms with Crippen molar-refractivity contribution >= 4 is 16.8 Å². The van der Waals surface area contributed by atoms with Crippen LogP contribution < -0.4 is 4.74 Å². The highest BCUT2D eigenvalue weighted by Crippen LogP contribution is 2.34. The molecule has 168 valence electrons. The maximum absolute atomic E-state index is 10.5. The number of fused-ring (bicyclic) bond motifs is 2. The van der Waals surface area contributed by atoms with Gasteiger partial charge in [0.05, 0.1) is 24.8 Å². The van der Waals surface area contributed by atoms with Crippen LogP contribution in [0.5, 0.6) is 5.75 Å². The normalized spacial score (nSPS) is 31.4. The molecule has 3 aliphatic rings. The van der Waals surface area contributed by atoms with Crippen molar-refractivity contribution in [3.63, 3.8) is 0 Å². The second-order valence-corrected chi connectivity index (χ2v) is 8.38. The third-order valence-electron chi connectivity index (χ3n) is 6.46. The highest BCUT2D eigenvalue weighted by molar-refractivity contribution is 6.08. The van der Waals surface area contributed by atoms with Crippen molar-refractivity contribution in [1.29, 1.82) is 0 Å². The van der Waals surface area contributed by atoms with Gasteiger partial charge >= 0.3 is 0 Å². The first-order valence-corrected chi connectivity index (χ1v) is 10.7. The van der Waals surface area contributed by atoms with E-state index in [9.17, 15) is 15.3 Å². The number of benzene rings is 1. The first-order chi connectivity index (χ1) is 15.1. The molecule has 0 spiro atoms. The number of rotatable bonds is 5. The molecule has 0 saturated carbocycles. The van der Waals surface area contributed by atoms with Crippen LogP contribution in [0.1, 0.15) is 18.4 Å². The van der Waals surface area contributed by atoms with Crippen LogP contribution >= 0.6 is 0 Å². The maximum Gasteiger partial charge on any atom is 0.227 e. The molecule has 9 heteroatoms. The smallest absolute Gasteiger partial charge is 0.227 e. The van der Waals surface area contributed by atoms with Gasteiger partial charge in [0.1, 0.15) is 30.1 Å². The number of aliphatic hydroxyl groups is 3. The number of ether oxygens (including phenoxy) is 4. The molecular weight excluding hydrogens is 404 g/mol. The summed E-state index contributed by atoms with van der Waals surface area (Å²) >= 11 is 0. The van der Waals surface area contributed by atoms with Gasteiger partial charge in [-0.3, -0.25) is 0 Å². The monoisotopic (exact) mass is 432 g/mol. The average molecular weight is 432 g/mol. The van der Waals surface area contributed by atoms with Gasteiger partial charge < -0.3 is 38.8 Å². The first kappa shape index (κ1) is 20.7. The van der Waals surface area contributed by atoms with E-state index >= 15 is 0 Å². The van der Waals surface area contributed by atoms with Crippen LogP contribution in [0.3, 0.4) is 0 Å². The number of hydrogen-bond donors (Lipinski definition) is 3. The molecule has 1 unspecified atom stereocenters. The van der Waals surface area contributed by atoms with E-state index in [1.165, 1.54) is 0 Å². The zero-order valence-corrected chi connectivity index (χ0v) is 17.4. The molecule has 1 aromatic heterocycles. The number of hydrogen-bond acceptors (Lipinski definition) is 8. The minimum atomic E-state index is -1.22. The predicted octanol–water partition coefficient (Wildman–Crippen LogP) is 0.661. The van der Waals surface area contributed by atoms with E-state index in [0.29, 0.717) is 11.8 Å². The van der Waals surface area contributed by atoms with E-state index < -0.39 is 37.3 Å². The molecule has 0 aliphatic carbocycles. The Morgan fingerprint density at radius 2 is 2.00 bits per heavy atom. The molecule has 2 fully saturated rings. The van der Waals surface area contributed by atoms with E-state index in [0.717, 1.165) is 54.8 Å². The van der Waals surface area contributed by atoms with Crippen LogP contribution in [0.2, 0.25) is 0 Å². The standard InChI is InChI=1S/C22H28N2O7/c1-28-13-2-3-14-15(10-24(16(14)8-13)9-12-4-6-29-7-5-12)21-23-18-20(27)19(26)17(11-25)30-22(18)31-21/h2-3,8,10,12,17-20,22,25-27H,4-7,9,11H2,1H3/t17-,18-,19-,20?,22-/m1/s1. The van der Waals surface area contributed by atoms with Crippen molar-refractivity contribution < 1.29 is 34.3 Å². The molecule has 4 heterocycles. The van der Waals surface area contributed by atoms with Crippen molar-refractivity contribution in [2.45, 2.75) is 50.0 Å². The van der Waals surface area contributed by atoms with Gasteiger partial charge in [-0.05, 0) is 30.9 Å². The molecule has 9 nitrogen and oxygen atoms in total. The minimum Gasteiger partial charge on any atom is -0.497 e. The van der Waals surface area contributed by atoms with Crippen LogP contribution in [0.15, 0.2) is 29.4 Å². The second-order valence-electron chi connectivity index (χ2n) is 8.38. The van der Waals surface area contributed by atoms with E-state index in [4.69, 9.17) is 18.9 Å². The number of aromatic nitrogens is 1. The number of aliphatic imine (C=N–C) groups is 1. The average Bonchev–Trinajstić information content (AvgIpc) is 3.38. The molecule has 1 aromatic carbocycles. The van der Waals surface area contributed by atoms with Crippen LogP contribution in [0, 0.1) is 5.92 Å². The summed E-state index contributed by atoms with van der Waals surface area (Å²) in [6.07, 6.45) is -0.117. The van der Waals surface area contributed by atoms with E-state index in [1.807, 2.05) is 24.4 Å². The minimum absolute atomic E-state index is 0.362. The Kier molecular flexibility index (Phi) is 5.61. The zero-order valence-electron chi connectivity index (χ0n) is 17.4. The van der Waals surface area contributed by atoms with E-state index in [-0.39, 0.29) is 0 Å². The van der Waals surface area contributed by atoms with Gasteiger partial charge in [0.2, 0.25) is 12.2 Å². The van der Waals surface area contributed by atoms with Gasteiger partial charge in [-0.25, -0.2) is 4.99 Å². The predicted molar refractivity (Wildman–Crippen MR) is 111 cm³/mol. The maximum atomic E-state index is 10.5. The molecule has 31 heavy (non-hydrogen) atoms. The van der Waals surface area contributed by atoms with E-state index in [1.54, 1.807) is 7.11 Å². The summed E-state index contributed by atoms with van der Waals surface area (Å²) in [4.78, 5) is 4.55. The largest absolute Gasteiger partial charge is 0.497 e. The Hall–Kier alpha value is -2.17. The van der Waals surface area contributed by atoms with Crippen LogP contribution in [0.4, 0.5) is 0 Å². The summed E-state index contributed by atoms with van der Waals surface area (Å²) in [5, 5.41) is 31.0. The van der Waals surface area contributed by atoms with Gasteiger partial charge in [0.15, 0.2) is 0 Å². The Balaban J connectivity index is 1.50. The van der Waals surface area contributed by atoms with Gasteiger partial charge in [0, 0.05) is 37.4 Å². The molecule has 3 N–H and O–H groups in total. The molecule has 0 amide bonds. The molecular formula is C22H28N2O7. The second kappa shape index (κ2) is 8.40. The van der Waals surface area contributed by atoms with Crippen molar-refractivity contribution in [1.82, 2.24) is 4.57 Å². The van der Waals surface area contributed by atoms with Gasteiger partial charge in [-0.15, -0.1) is 0 Å². The van der Waals surface area contributed by atoms with Crippen molar-refractivity contribution in [3.05, 3.63) is 30.0 Å². The molecule has 0 radical (unpaired) electrons. The first-order valence-electron chi connectivity index (χ1n) is 10.7. The summed E-state index contributed by atoms with van der Waals surface area (Å²) in [5.74, 6) is 1.64. The lowest BCUT2D eigenvalue weighted by Crippen LogP contribution is -2.56. The van der Waals surface area contributed by atoms with Gasteiger partial charge in [-0.2, -0.15) is 0 Å². The van der Waals surface area contributed by atoms with Crippen molar-refractivity contribution in [2.75, 3.05) is 26.9 Å². The lowest BCUT2D eigenvalue weighted by molar-refractivity contribution is -0.234. The van der Waals surface area contributed by atoms with Crippen molar-refractivity contribution in [2.24, 2.45) is 10.9 Å². The Bertz CT molecular complexity index is 968. The third-order valence-corrected chi connectivity index (χ3v) is 6.46. The third kappa shape index (κ3) is 3.70. The fourth-order valence-corrected chi connectivity index (χ4v) is 4.64. The Morgan fingerprint density at radius 3 is 2.74 bits per heavy atom. The zero-order chi connectivity index (χ0) is 21.5. The molecule has 5 rings (SSSR count). The SMILES string of the molecule is COc1ccc2c(C3=N[C@@H]4C(O)[C@H](O)[C@@H](CO)O[C@@H]4O3)cn(CC3CCOCC3)c2c1. The number of nitrogens with zero attached hydrogens (tertiary/aromatic N) is 2. The molecule has 0 bridgehead atoms. The topological polar surface area (TPSA) is 115 Å². The highest BCUT2D eigenvalue weighted by atomic mass is 16.7. The molecule has 2 aromatic rings. The fraction of sp³-hybridized carbons (Fsp3) is 0.591. The molecule has 5 atom stereocenters. The Labute approximate surface area is 179 Å². The molecule has 2 saturated heterocycles. The molecule has 3 aliphatic heterocycles. The van der Waals surface area contributed by atoms with Crippen LogP contribution in [-0.4, -0.2) is 83.4 Å². The van der Waals surface area contributed by atoms with Crippen LogP contribution in [0.25, 0.3) is 10.9 Å². The number of methoxy groups -OCH3 is 1. The van der Waals surface area contributed by atoms with Crippen molar-refractivity contribution in [3.8, 4) is 5.75 Å². The van der Waals surface area contributed by atoms with E-state index in [2.05, 4.69) is 9.56 Å². The fourth-order valence-electron chi connectivity index (χ4n) is 4.64. The summed E-state index contributed by atoms with van der Waals surface area (Å²) in [5.41, 5.74) is 1.81.